The van der Waals surface area contributed by atoms with Crippen LogP contribution in [0.5, 0.6) is 0 Å². The van der Waals surface area contributed by atoms with Crippen LogP contribution in [-0.2, 0) is 6.42 Å². The second-order valence-corrected chi connectivity index (χ2v) is 4.74. The zero-order valence-corrected chi connectivity index (χ0v) is 10.9. The van der Waals surface area contributed by atoms with Crippen LogP contribution in [0.1, 0.15) is 25.3 Å². The molecule has 0 saturated carbocycles. The summed E-state index contributed by atoms with van der Waals surface area (Å²) in [4.78, 5) is 0. The van der Waals surface area contributed by atoms with Gasteiger partial charge in [-0.2, -0.15) is 0 Å². The van der Waals surface area contributed by atoms with Gasteiger partial charge in [-0.3, -0.25) is 0 Å². The van der Waals surface area contributed by atoms with Crippen molar-refractivity contribution in [3.05, 3.63) is 46.0 Å². The zero-order valence-electron chi connectivity index (χ0n) is 9.34. The summed E-state index contributed by atoms with van der Waals surface area (Å²) in [5.74, 6) is 0. The van der Waals surface area contributed by atoms with E-state index in [4.69, 9.17) is 23.2 Å². The average molecular weight is 259 g/mol. The fourth-order valence-corrected chi connectivity index (χ4v) is 1.98. The van der Waals surface area contributed by atoms with Crippen LogP contribution in [0.2, 0.25) is 10.0 Å². The maximum atomic E-state index is 9.85. The number of rotatable bonds is 5. The minimum atomic E-state index is -0.425. The first-order valence-electron chi connectivity index (χ1n) is 5.31. The van der Waals surface area contributed by atoms with E-state index in [1.807, 2.05) is 13.0 Å². The monoisotopic (exact) mass is 258 g/mol. The first-order valence-corrected chi connectivity index (χ1v) is 6.07. The van der Waals surface area contributed by atoms with E-state index in [2.05, 4.69) is 6.58 Å². The lowest BCUT2D eigenvalue weighted by atomic mass is 10.0. The minimum Gasteiger partial charge on any atom is -0.392 e. The van der Waals surface area contributed by atoms with E-state index >= 15 is 0 Å². The number of benzene rings is 1. The summed E-state index contributed by atoms with van der Waals surface area (Å²) >= 11 is 11.8. The van der Waals surface area contributed by atoms with Gasteiger partial charge >= 0.3 is 0 Å². The highest BCUT2D eigenvalue weighted by atomic mass is 35.5. The Morgan fingerprint density at radius 3 is 2.69 bits per heavy atom. The second-order valence-electron chi connectivity index (χ2n) is 3.90. The van der Waals surface area contributed by atoms with E-state index in [1.165, 1.54) is 0 Å². The Morgan fingerprint density at radius 2 is 2.12 bits per heavy atom. The Balaban J connectivity index is 2.62. The zero-order chi connectivity index (χ0) is 12.1. The van der Waals surface area contributed by atoms with Crippen LogP contribution in [0.25, 0.3) is 0 Å². The molecule has 0 aliphatic carbocycles. The van der Waals surface area contributed by atoms with E-state index in [9.17, 15) is 5.11 Å². The van der Waals surface area contributed by atoms with E-state index in [0.717, 1.165) is 17.6 Å². The Kier molecular flexibility index (Phi) is 5.33. The van der Waals surface area contributed by atoms with Crippen molar-refractivity contribution in [1.82, 2.24) is 0 Å². The normalized spacial score (nSPS) is 12.5. The molecular formula is C13H16Cl2O. The molecular weight excluding hydrogens is 243 g/mol. The van der Waals surface area contributed by atoms with Crippen LogP contribution in [0.15, 0.2) is 30.4 Å². The van der Waals surface area contributed by atoms with Gasteiger partial charge in [0.2, 0.25) is 0 Å². The van der Waals surface area contributed by atoms with Crippen LogP contribution in [-0.4, -0.2) is 11.2 Å². The minimum absolute atomic E-state index is 0.425. The number of hydrogen-bond acceptors (Lipinski definition) is 1. The lowest BCUT2D eigenvalue weighted by molar-refractivity contribution is 0.174. The maximum absolute atomic E-state index is 9.85. The van der Waals surface area contributed by atoms with E-state index < -0.39 is 6.10 Å². The molecule has 1 N–H and O–H groups in total. The SMILES string of the molecule is C=C(CC)CC(O)Cc1ccc(Cl)cc1Cl. The van der Waals surface area contributed by atoms with Crippen molar-refractivity contribution in [2.75, 3.05) is 0 Å². The van der Waals surface area contributed by atoms with Gasteiger partial charge in [0.15, 0.2) is 0 Å². The molecule has 0 aromatic heterocycles. The molecule has 1 unspecified atom stereocenters. The summed E-state index contributed by atoms with van der Waals surface area (Å²) < 4.78 is 0. The highest BCUT2D eigenvalue weighted by Gasteiger charge is 2.09. The maximum Gasteiger partial charge on any atom is 0.0618 e. The quantitative estimate of drug-likeness (QED) is 0.783. The fourth-order valence-electron chi connectivity index (χ4n) is 1.49. The van der Waals surface area contributed by atoms with Gasteiger partial charge in [0.25, 0.3) is 0 Å². The highest BCUT2D eigenvalue weighted by molar-refractivity contribution is 6.35. The van der Waals surface area contributed by atoms with Crippen molar-refractivity contribution in [2.45, 2.75) is 32.3 Å². The highest BCUT2D eigenvalue weighted by Crippen LogP contribution is 2.23. The van der Waals surface area contributed by atoms with Gasteiger partial charge in [-0.15, -0.1) is 0 Å². The summed E-state index contributed by atoms with van der Waals surface area (Å²) in [5.41, 5.74) is 1.97. The third-order valence-corrected chi connectivity index (χ3v) is 3.08. The fraction of sp³-hybridized carbons (Fsp3) is 0.385. The van der Waals surface area contributed by atoms with Crippen molar-refractivity contribution >= 4 is 23.2 Å². The van der Waals surface area contributed by atoms with Gasteiger partial charge in [-0.1, -0.05) is 48.3 Å². The lowest BCUT2D eigenvalue weighted by Gasteiger charge is -2.12. The second kappa shape index (κ2) is 6.29. The lowest BCUT2D eigenvalue weighted by Crippen LogP contribution is -2.11. The summed E-state index contributed by atoms with van der Waals surface area (Å²) in [5, 5.41) is 11.1. The summed E-state index contributed by atoms with van der Waals surface area (Å²) in [6.45, 7) is 5.91. The predicted octanol–water partition coefficient (Wildman–Crippen LogP) is 4.25. The molecule has 0 saturated heterocycles. The summed E-state index contributed by atoms with van der Waals surface area (Å²) in [7, 11) is 0. The average Bonchev–Trinajstić information content (AvgIpc) is 2.22. The van der Waals surface area contributed by atoms with E-state index in [1.54, 1.807) is 12.1 Å². The number of halogens is 2. The summed E-state index contributed by atoms with van der Waals surface area (Å²) in [6.07, 6.45) is 1.63. The molecule has 0 radical (unpaired) electrons. The molecule has 16 heavy (non-hydrogen) atoms. The van der Waals surface area contributed by atoms with Crippen molar-refractivity contribution < 1.29 is 5.11 Å². The van der Waals surface area contributed by atoms with Crippen molar-refractivity contribution in [3.8, 4) is 0 Å². The molecule has 1 atom stereocenters. The molecule has 3 heteroatoms. The van der Waals surface area contributed by atoms with Crippen LogP contribution >= 0.6 is 23.2 Å². The van der Waals surface area contributed by atoms with Gasteiger partial charge in [0.1, 0.15) is 0 Å². The van der Waals surface area contributed by atoms with E-state index in [0.29, 0.717) is 22.9 Å². The van der Waals surface area contributed by atoms with Crippen LogP contribution in [0, 0.1) is 0 Å². The molecule has 0 bridgehead atoms. The molecule has 1 aromatic rings. The van der Waals surface area contributed by atoms with Gasteiger partial charge in [0.05, 0.1) is 6.10 Å². The van der Waals surface area contributed by atoms with E-state index in [-0.39, 0.29) is 0 Å². The topological polar surface area (TPSA) is 20.2 Å². The first kappa shape index (κ1) is 13.6. The number of hydrogen-bond donors (Lipinski definition) is 1. The smallest absolute Gasteiger partial charge is 0.0618 e. The number of aliphatic hydroxyl groups excluding tert-OH is 1. The van der Waals surface area contributed by atoms with Gasteiger partial charge in [-0.05, 0) is 30.5 Å². The Labute approximate surface area is 107 Å². The molecule has 0 spiro atoms. The van der Waals surface area contributed by atoms with Gasteiger partial charge < -0.3 is 5.11 Å². The molecule has 1 aromatic carbocycles. The largest absolute Gasteiger partial charge is 0.392 e. The van der Waals surface area contributed by atoms with Crippen LogP contribution < -0.4 is 0 Å². The molecule has 1 nitrogen and oxygen atoms in total. The Bertz CT molecular complexity index is 374. The molecule has 1 rings (SSSR count). The molecule has 88 valence electrons. The predicted molar refractivity (Wildman–Crippen MR) is 70.2 cm³/mol. The van der Waals surface area contributed by atoms with Gasteiger partial charge in [-0.25, -0.2) is 0 Å². The molecule has 0 amide bonds. The van der Waals surface area contributed by atoms with Crippen molar-refractivity contribution in [1.29, 1.82) is 0 Å². The Morgan fingerprint density at radius 1 is 1.44 bits per heavy atom. The van der Waals surface area contributed by atoms with Crippen molar-refractivity contribution in [2.24, 2.45) is 0 Å². The molecule has 0 fully saturated rings. The third kappa shape index (κ3) is 4.17. The van der Waals surface area contributed by atoms with Gasteiger partial charge in [0, 0.05) is 16.5 Å². The Hall–Kier alpha value is -0.500. The molecule has 0 heterocycles. The first-order chi connectivity index (χ1) is 7.52. The standard InChI is InChI=1S/C13H16Cl2O/c1-3-9(2)6-12(16)7-10-4-5-11(14)8-13(10)15/h4-5,8,12,16H,2-3,6-7H2,1H3. The van der Waals surface area contributed by atoms with Crippen LogP contribution in [0.4, 0.5) is 0 Å². The third-order valence-electron chi connectivity index (χ3n) is 2.49. The number of aliphatic hydroxyl groups is 1. The molecule has 0 aliphatic heterocycles. The van der Waals surface area contributed by atoms with Crippen molar-refractivity contribution in [3.63, 3.8) is 0 Å². The summed E-state index contributed by atoms with van der Waals surface area (Å²) in [6, 6.07) is 5.33. The molecule has 0 aliphatic rings. The van der Waals surface area contributed by atoms with Crippen LogP contribution in [0.3, 0.4) is 0 Å².